The van der Waals surface area contributed by atoms with Crippen LogP contribution in [0.15, 0.2) is 54.6 Å². The van der Waals surface area contributed by atoms with Crippen molar-refractivity contribution in [3.8, 4) is 5.75 Å². The van der Waals surface area contributed by atoms with Crippen molar-refractivity contribution in [3.05, 3.63) is 60.2 Å². The lowest BCUT2D eigenvalue weighted by molar-refractivity contribution is -0.141. The van der Waals surface area contributed by atoms with Gasteiger partial charge in [-0.25, -0.2) is 0 Å². The van der Waals surface area contributed by atoms with E-state index in [0.717, 1.165) is 31.6 Å². The molecule has 0 radical (unpaired) electrons. The number of piperidine rings is 2. The quantitative estimate of drug-likeness (QED) is 0.625. The van der Waals surface area contributed by atoms with Crippen molar-refractivity contribution in [3.63, 3.8) is 0 Å². The summed E-state index contributed by atoms with van der Waals surface area (Å²) in [6.07, 6.45) is 3.07. The Hall–Kier alpha value is -3.55. The molecule has 5 rings (SSSR count). The Morgan fingerprint density at radius 3 is 2.19 bits per heavy atom. The minimum Gasteiger partial charge on any atom is -0.497 e. The van der Waals surface area contributed by atoms with Crippen LogP contribution in [0.3, 0.4) is 0 Å². The summed E-state index contributed by atoms with van der Waals surface area (Å²) in [6.45, 7) is 5.19. The largest absolute Gasteiger partial charge is 0.497 e. The molecule has 3 saturated heterocycles. The Morgan fingerprint density at radius 2 is 1.57 bits per heavy atom. The molecule has 37 heavy (non-hydrogen) atoms. The van der Waals surface area contributed by atoms with Crippen LogP contribution in [0, 0.1) is 5.92 Å². The maximum absolute atomic E-state index is 13.9. The Bertz CT molecular complexity index is 1120. The van der Waals surface area contributed by atoms with Gasteiger partial charge in [-0.15, -0.1) is 0 Å². The van der Waals surface area contributed by atoms with E-state index in [1.807, 2.05) is 40.1 Å². The second kappa shape index (κ2) is 10.4. The van der Waals surface area contributed by atoms with Crippen LogP contribution in [0.4, 0.5) is 5.69 Å². The van der Waals surface area contributed by atoms with Gasteiger partial charge in [-0.3, -0.25) is 14.4 Å². The van der Waals surface area contributed by atoms with Crippen molar-refractivity contribution in [2.24, 2.45) is 5.92 Å². The molecule has 0 unspecified atom stereocenters. The summed E-state index contributed by atoms with van der Waals surface area (Å²) in [4.78, 5) is 47.8. The normalized spacial score (nSPS) is 20.0. The first kappa shape index (κ1) is 25.1. The third kappa shape index (κ3) is 4.89. The molecule has 0 N–H and O–H groups in total. The summed E-state index contributed by atoms with van der Waals surface area (Å²) in [6, 6.07) is 17.1. The number of para-hydroxylation sites is 1. The molecular weight excluding hydrogens is 468 g/mol. The lowest BCUT2D eigenvalue weighted by atomic mass is 9.85. The third-order valence-electron chi connectivity index (χ3n) is 8.26. The molecule has 1 spiro atoms. The van der Waals surface area contributed by atoms with E-state index in [9.17, 15) is 14.4 Å². The summed E-state index contributed by atoms with van der Waals surface area (Å²) < 4.78 is 5.20. The minimum absolute atomic E-state index is 0.00775. The van der Waals surface area contributed by atoms with E-state index >= 15 is 0 Å². The SMILES string of the molecule is COc1ccc(C(=O)N2CCC3(CC2)C(=O)N(CC(=O)N2CCC(C)CC2)CN3c2ccccc2)cc1. The van der Waals surface area contributed by atoms with Gasteiger partial charge in [-0.1, -0.05) is 25.1 Å². The highest BCUT2D eigenvalue weighted by Gasteiger charge is 2.54. The number of nitrogens with zero attached hydrogens (tertiary/aromatic N) is 4. The van der Waals surface area contributed by atoms with Gasteiger partial charge in [0.2, 0.25) is 5.91 Å². The zero-order valence-corrected chi connectivity index (χ0v) is 21.8. The van der Waals surface area contributed by atoms with E-state index in [1.165, 1.54) is 0 Å². The van der Waals surface area contributed by atoms with E-state index in [2.05, 4.69) is 11.8 Å². The molecule has 196 valence electrons. The van der Waals surface area contributed by atoms with Crippen molar-refractivity contribution in [2.75, 3.05) is 51.4 Å². The molecule has 0 saturated carbocycles. The van der Waals surface area contributed by atoms with Crippen LogP contribution in [0.5, 0.6) is 5.75 Å². The topological polar surface area (TPSA) is 73.4 Å². The van der Waals surface area contributed by atoms with Gasteiger partial charge in [0.1, 0.15) is 17.8 Å². The number of benzene rings is 2. The number of hydrogen-bond donors (Lipinski definition) is 0. The summed E-state index contributed by atoms with van der Waals surface area (Å²) in [7, 11) is 1.60. The van der Waals surface area contributed by atoms with Gasteiger partial charge < -0.3 is 24.3 Å². The van der Waals surface area contributed by atoms with Crippen LogP contribution in [0.2, 0.25) is 0 Å². The molecule has 8 nitrogen and oxygen atoms in total. The monoisotopic (exact) mass is 504 g/mol. The van der Waals surface area contributed by atoms with Crippen LogP contribution in [-0.2, 0) is 9.59 Å². The Morgan fingerprint density at radius 1 is 0.919 bits per heavy atom. The van der Waals surface area contributed by atoms with Crippen LogP contribution in [-0.4, -0.2) is 84.5 Å². The van der Waals surface area contributed by atoms with Crippen molar-refractivity contribution in [1.29, 1.82) is 0 Å². The number of likely N-dealkylation sites (tertiary alicyclic amines) is 2. The second-order valence-electron chi connectivity index (χ2n) is 10.5. The number of hydrogen-bond acceptors (Lipinski definition) is 5. The Kier molecular flexibility index (Phi) is 7.09. The number of ether oxygens (including phenoxy) is 1. The molecule has 0 aliphatic carbocycles. The molecule has 3 aliphatic heterocycles. The first-order valence-corrected chi connectivity index (χ1v) is 13.2. The fourth-order valence-electron chi connectivity index (χ4n) is 5.84. The van der Waals surface area contributed by atoms with Crippen molar-refractivity contribution in [2.45, 2.75) is 38.1 Å². The minimum atomic E-state index is -0.755. The van der Waals surface area contributed by atoms with Crippen molar-refractivity contribution < 1.29 is 19.1 Å². The van der Waals surface area contributed by atoms with Crippen LogP contribution >= 0.6 is 0 Å². The highest BCUT2D eigenvalue weighted by Crippen LogP contribution is 2.39. The number of anilines is 1. The van der Waals surface area contributed by atoms with E-state index < -0.39 is 5.54 Å². The lowest BCUT2D eigenvalue weighted by Crippen LogP contribution is -2.57. The van der Waals surface area contributed by atoms with Gasteiger partial charge in [0.15, 0.2) is 0 Å². The fraction of sp³-hybridized carbons (Fsp3) is 0.483. The smallest absolute Gasteiger partial charge is 0.253 e. The average molecular weight is 505 g/mol. The van der Waals surface area contributed by atoms with Crippen LogP contribution < -0.4 is 9.64 Å². The molecule has 0 bridgehead atoms. The zero-order valence-electron chi connectivity index (χ0n) is 21.8. The van der Waals surface area contributed by atoms with E-state index in [4.69, 9.17) is 4.74 Å². The summed E-state index contributed by atoms with van der Waals surface area (Å²) in [5.41, 5.74) is 0.819. The van der Waals surface area contributed by atoms with Crippen LogP contribution in [0.25, 0.3) is 0 Å². The summed E-state index contributed by atoms with van der Waals surface area (Å²) in [5, 5.41) is 0. The van der Waals surface area contributed by atoms with Crippen molar-refractivity contribution >= 4 is 23.4 Å². The first-order chi connectivity index (χ1) is 17.9. The number of carbonyl (C=O) groups is 3. The third-order valence-corrected chi connectivity index (χ3v) is 8.26. The van der Waals surface area contributed by atoms with Gasteiger partial charge >= 0.3 is 0 Å². The first-order valence-electron chi connectivity index (χ1n) is 13.2. The number of carbonyl (C=O) groups excluding carboxylic acids is 3. The highest BCUT2D eigenvalue weighted by molar-refractivity contribution is 5.97. The molecule has 3 heterocycles. The molecule has 3 amide bonds. The molecule has 0 atom stereocenters. The van der Waals surface area contributed by atoms with E-state index in [0.29, 0.717) is 49.8 Å². The van der Waals surface area contributed by atoms with Gasteiger partial charge in [-0.2, -0.15) is 0 Å². The molecule has 8 heteroatoms. The van der Waals surface area contributed by atoms with E-state index in [-0.39, 0.29) is 24.3 Å². The predicted octanol–water partition coefficient (Wildman–Crippen LogP) is 3.23. The number of methoxy groups -OCH3 is 1. The molecule has 0 aromatic heterocycles. The number of amides is 3. The van der Waals surface area contributed by atoms with Crippen molar-refractivity contribution in [1.82, 2.24) is 14.7 Å². The maximum atomic E-state index is 13.9. The number of rotatable bonds is 5. The molecule has 2 aromatic carbocycles. The second-order valence-corrected chi connectivity index (χ2v) is 10.5. The van der Waals surface area contributed by atoms with Gasteiger partial charge in [0.05, 0.1) is 13.8 Å². The Balaban J connectivity index is 1.32. The Labute approximate surface area is 218 Å². The molecular formula is C29H36N4O4. The highest BCUT2D eigenvalue weighted by atomic mass is 16.5. The van der Waals surface area contributed by atoms with Gasteiger partial charge in [-0.05, 0) is 68.0 Å². The fourth-order valence-corrected chi connectivity index (χ4v) is 5.84. The summed E-state index contributed by atoms with van der Waals surface area (Å²) in [5.74, 6) is 1.32. The average Bonchev–Trinajstić information content (AvgIpc) is 3.20. The zero-order chi connectivity index (χ0) is 26.0. The summed E-state index contributed by atoms with van der Waals surface area (Å²) >= 11 is 0. The molecule has 3 fully saturated rings. The molecule has 3 aliphatic rings. The van der Waals surface area contributed by atoms with Crippen LogP contribution in [0.1, 0.15) is 43.0 Å². The maximum Gasteiger partial charge on any atom is 0.253 e. The standard InChI is InChI=1S/C29H36N4O4/c1-22-12-16-30(17-13-22)26(34)20-32-21-33(24-6-4-3-5-7-24)29(28(32)36)14-18-31(19-15-29)27(35)23-8-10-25(37-2)11-9-23/h3-11,22H,12-21H2,1-2H3. The van der Waals surface area contributed by atoms with Gasteiger partial charge in [0, 0.05) is 37.4 Å². The lowest BCUT2D eigenvalue weighted by Gasteiger charge is -2.43. The van der Waals surface area contributed by atoms with Gasteiger partial charge in [0.25, 0.3) is 11.8 Å². The molecule has 2 aromatic rings. The predicted molar refractivity (Wildman–Crippen MR) is 141 cm³/mol. The van der Waals surface area contributed by atoms with E-state index in [1.54, 1.807) is 36.3 Å².